The topological polar surface area (TPSA) is 92.3 Å². The summed E-state index contributed by atoms with van der Waals surface area (Å²) in [5, 5.41) is 0.456. The molecule has 1 radical (unpaired) electrons. The molecule has 1 unspecified atom stereocenters. The number of rotatable bonds is 7. The SMILES string of the molecule is Cc1c(OCCC2(C)OCCO2)ccnc1C[S+]([O-])c1nc2ccccc2[nH]1.[Na]. The van der Waals surface area contributed by atoms with Gasteiger partial charge in [-0.1, -0.05) is 12.1 Å². The van der Waals surface area contributed by atoms with Crippen LogP contribution in [-0.2, 0) is 26.4 Å². The zero-order valence-electron chi connectivity index (χ0n) is 16.9. The van der Waals surface area contributed by atoms with Gasteiger partial charge in [0.1, 0.15) is 5.75 Å². The van der Waals surface area contributed by atoms with Crippen LogP contribution < -0.4 is 4.74 Å². The number of nitrogens with one attached hydrogen (secondary N) is 1. The Bertz CT molecular complexity index is 929. The molecule has 1 aliphatic heterocycles. The van der Waals surface area contributed by atoms with Crippen LogP contribution >= 0.6 is 0 Å². The van der Waals surface area contributed by atoms with E-state index in [1.165, 1.54) is 0 Å². The maximum absolute atomic E-state index is 12.8. The first-order valence-electron chi connectivity index (χ1n) is 9.22. The van der Waals surface area contributed by atoms with Crippen LogP contribution in [0.4, 0.5) is 0 Å². The molecule has 3 aromatic rings. The molecule has 1 atom stereocenters. The van der Waals surface area contributed by atoms with Crippen molar-refractivity contribution in [3.05, 3.63) is 47.8 Å². The molecule has 0 amide bonds. The van der Waals surface area contributed by atoms with Crippen molar-refractivity contribution >= 4 is 51.8 Å². The van der Waals surface area contributed by atoms with E-state index in [0.29, 0.717) is 31.4 Å². The van der Waals surface area contributed by atoms with E-state index < -0.39 is 17.0 Å². The fraction of sp³-hybridized carbons (Fsp3) is 0.400. The first-order valence-corrected chi connectivity index (χ1v) is 10.5. The summed E-state index contributed by atoms with van der Waals surface area (Å²) in [5.41, 5.74) is 3.29. The number of nitrogens with zero attached hydrogens (tertiary/aromatic N) is 2. The third kappa shape index (κ3) is 5.32. The number of hydrogen-bond donors (Lipinski definition) is 1. The van der Waals surface area contributed by atoms with Crippen LogP contribution in [-0.4, -0.2) is 74.7 Å². The van der Waals surface area contributed by atoms with Crippen molar-refractivity contribution in [2.24, 2.45) is 0 Å². The molecule has 149 valence electrons. The summed E-state index contributed by atoms with van der Waals surface area (Å²) in [5.74, 6) is 0.424. The smallest absolute Gasteiger partial charge is 0.322 e. The average molecular weight is 424 g/mol. The molecule has 0 saturated carbocycles. The van der Waals surface area contributed by atoms with Gasteiger partial charge in [-0.3, -0.25) is 9.97 Å². The summed E-state index contributed by atoms with van der Waals surface area (Å²) in [4.78, 5) is 11.9. The molecule has 1 saturated heterocycles. The molecular formula is C20H23N3NaO4S. The Labute approximate surface area is 195 Å². The molecule has 1 aromatic carbocycles. The first kappa shape index (κ1) is 22.6. The molecule has 1 fully saturated rings. The summed E-state index contributed by atoms with van der Waals surface area (Å²) < 4.78 is 29.9. The van der Waals surface area contributed by atoms with Gasteiger partial charge in [0.2, 0.25) is 0 Å². The molecular weight excluding hydrogens is 401 g/mol. The first-order chi connectivity index (χ1) is 13.5. The minimum atomic E-state index is -1.32. The van der Waals surface area contributed by atoms with E-state index in [1.807, 2.05) is 44.2 Å². The molecule has 0 bridgehead atoms. The van der Waals surface area contributed by atoms with Crippen LogP contribution in [0.2, 0.25) is 0 Å². The molecule has 3 heterocycles. The van der Waals surface area contributed by atoms with Gasteiger partial charge in [-0.15, -0.1) is 0 Å². The van der Waals surface area contributed by atoms with Crippen LogP contribution in [0.1, 0.15) is 24.6 Å². The Morgan fingerprint density at radius 2 is 2.00 bits per heavy atom. The van der Waals surface area contributed by atoms with Crippen molar-refractivity contribution < 1.29 is 18.8 Å². The van der Waals surface area contributed by atoms with Gasteiger partial charge < -0.3 is 18.8 Å². The number of para-hydroxylation sites is 2. The second kappa shape index (κ2) is 9.78. The van der Waals surface area contributed by atoms with Crippen LogP contribution in [0.3, 0.4) is 0 Å². The van der Waals surface area contributed by atoms with E-state index >= 15 is 0 Å². The molecule has 0 aliphatic carbocycles. The van der Waals surface area contributed by atoms with Crippen LogP contribution in [0.5, 0.6) is 5.75 Å². The number of aromatic nitrogens is 3. The Hall–Kier alpha value is -1.13. The van der Waals surface area contributed by atoms with Gasteiger partial charge in [-0.25, -0.2) is 0 Å². The number of ether oxygens (including phenoxy) is 3. The fourth-order valence-electron chi connectivity index (χ4n) is 3.14. The van der Waals surface area contributed by atoms with E-state index in [2.05, 4.69) is 15.0 Å². The minimum absolute atomic E-state index is 0. The third-order valence-electron chi connectivity index (χ3n) is 4.82. The zero-order chi connectivity index (χ0) is 19.6. The third-order valence-corrected chi connectivity index (χ3v) is 5.98. The average Bonchev–Trinajstić information content (AvgIpc) is 3.31. The number of pyridine rings is 1. The number of aromatic amines is 1. The normalized spacial score (nSPS) is 16.5. The molecule has 9 heteroatoms. The van der Waals surface area contributed by atoms with Gasteiger partial charge in [0.05, 0.1) is 36.5 Å². The molecule has 0 spiro atoms. The summed E-state index contributed by atoms with van der Waals surface area (Å²) >= 11 is -1.32. The Morgan fingerprint density at radius 1 is 1.24 bits per heavy atom. The molecule has 2 aromatic heterocycles. The van der Waals surface area contributed by atoms with Crippen molar-refractivity contribution in [2.75, 3.05) is 19.8 Å². The van der Waals surface area contributed by atoms with Gasteiger partial charge in [0.25, 0.3) is 0 Å². The Balaban J connectivity index is 0.00000240. The summed E-state index contributed by atoms with van der Waals surface area (Å²) in [7, 11) is 0. The van der Waals surface area contributed by atoms with Crippen molar-refractivity contribution in [3.8, 4) is 5.75 Å². The zero-order valence-corrected chi connectivity index (χ0v) is 19.8. The fourth-order valence-corrected chi connectivity index (χ4v) is 4.24. The second-order valence-electron chi connectivity index (χ2n) is 6.86. The quantitative estimate of drug-likeness (QED) is 0.463. The predicted molar refractivity (Wildman–Crippen MR) is 111 cm³/mol. The van der Waals surface area contributed by atoms with Crippen LogP contribution in [0, 0.1) is 6.92 Å². The maximum Gasteiger partial charge on any atom is 0.322 e. The minimum Gasteiger partial charge on any atom is -0.609 e. The van der Waals surface area contributed by atoms with Gasteiger partial charge in [-0.05, 0) is 32.0 Å². The number of benzene rings is 1. The van der Waals surface area contributed by atoms with Crippen LogP contribution in [0.15, 0.2) is 41.7 Å². The van der Waals surface area contributed by atoms with E-state index in [0.717, 1.165) is 28.0 Å². The summed E-state index contributed by atoms with van der Waals surface area (Å²) in [6, 6.07) is 9.45. The van der Waals surface area contributed by atoms with Crippen molar-refractivity contribution in [1.82, 2.24) is 15.0 Å². The van der Waals surface area contributed by atoms with E-state index in [-0.39, 0.29) is 35.3 Å². The summed E-state index contributed by atoms with van der Waals surface area (Å²) in [6.45, 7) is 5.54. The maximum atomic E-state index is 12.8. The van der Waals surface area contributed by atoms with E-state index in [9.17, 15) is 4.55 Å². The monoisotopic (exact) mass is 424 g/mol. The number of fused-ring (bicyclic) bond motifs is 1. The predicted octanol–water partition coefficient (Wildman–Crippen LogP) is 2.73. The van der Waals surface area contributed by atoms with E-state index in [4.69, 9.17) is 14.2 Å². The van der Waals surface area contributed by atoms with Gasteiger partial charge in [0.15, 0.2) is 11.5 Å². The molecule has 29 heavy (non-hydrogen) atoms. The number of imidazole rings is 1. The van der Waals surface area contributed by atoms with Gasteiger partial charge in [0, 0.05) is 58.9 Å². The Morgan fingerprint density at radius 3 is 2.76 bits per heavy atom. The molecule has 4 rings (SSSR count). The van der Waals surface area contributed by atoms with Gasteiger partial charge in [-0.2, -0.15) is 4.98 Å². The van der Waals surface area contributed by atoms with Crippen molar-refractivity contribution in [2.45, 2.75) is 37.0 Å². The summed E-state index contributed by atoms with van der Waals surface area (Å²) in [6.07, 6.45) is 2.31. The number of hydrogen-bond acceptors (Lipinski definition) is 6. The van der Waals surface area contributed by atoms with E-state index in [1.54, 1.807) is 6.20 Å². The Kier molecular flexibility index (Phi) is 7.61. The van der Waals surface area contributed by atoms with Gasteiger partial charge >= 0.3 is 5.16 Å². The standard InChI is InChI=1S/C20H23N3O4S.Na/c1-14-17(13-28(24)19-22-15-5-3-4-6-16(15)23-19)21-9-7-18(14)25-10-8-20(2)26-11-12-27-20;/h3-7,9H,8,10-13H2,1-2H3,(H,22,23);. The molecule has 1 N–H and O–H groups in total. The van der Waals surface area contributed by atoms with Crippen molar-refractivity contribution in [3.63, 3.8) is 0 Å². The molecule has 7 nitrogen and oxygen atoms in total. The largest absolute Gasteiger partial charge is 0.609 e. The van der Waals surface area contributed by atoms with Crippen molar-refractivity contribution in [1.29, 1.82) is 0 Å². The second-order valence-corrected chi connectivity index (χ2v) is 8.23. The van der Waals surface area contributed by atoms with Crippen LogP contribution in [0.25, 0.3) is 11.0 Å². The molecule has 1 aliphatic rings. The number of H-pyrrole nitrogens is 1.